The molecule has 0 spiro atoms. The van der Waals surface area contributed by atoms with Gasteiger partial charge in [0.2, 0.25) is 11.4 Å². The van der Waals surface area contributed by atoms with Crippen molar-refractivity contribution in [2.45, 2.75) is 81.9 Å². The topological polar surface area (TPSA) is 130 Å². The lowest BCUT2D eigenvalue weighted by Gasteiger charge is -2.42. The van der Waals surface area contributed by atoms with Crippen LogP contribution in [0.15, 0.2) is 24.3 Å². The Balaban J connectivity index is 1.54. The molecule has 1 aliphatic heterocycles. The zero-order chi connectivity index (χ0) is 27.9. The van der Waals surface area contributed by atoms with Gasteiger partial charge in [-0.3, -0.25) is 14.9 Å². The number of aromatic nitrogens is 1. The number of aliphatic hydroxyl groups is 1. The minimum Gasteiger partial charge on any atom is -0.378 e. The quantitative estimate of drug-likeness (QED) is 0.335. The summed E-state index contributed by atoms with van der Waals surface area (Å²) < 4.78 is 43.0. The number of nitrogens with zero attached hydrogens (tertiary/aromatic N) is 1. The van der Waals surface area contributed by atoms with Gasteiger partial charge in [0.05, 0.1) is 10.5 Å². The molecule has 0 radical (unpaired) electrons. The molecule has 5 N–H and O–H groups in total. The molecule has 1 aromatic carbocycles. The van der Waals surface area contributed by atoms with E-state index in [0.717, 1.165) is 12.8 Å². The Kier molecular flexibility index (Phi) is 7.72. The number of benzene rings is 1. The molecule has 38 heavy (non-hydrogen) atoms. The van der Waals surface area contributed by atoms with Crippen LogP contribution in [0.2, 0.25) is 5.02 Å². The standard InChI is InChI=1S/C26H31ClF3N5O3/c1-24(2)9-8-16(21(36)34-24)12-25(13-31,26(28,29)30)35-23(38)18(10-14-6-7-14)33-22(37)19-11-15-4-3-5-17(27)20(15)32-19/h3-5,11,14,16,18,21,32,34,36H,6-10,12H2,1-2H3,(H,33,37)(H,35,38). The summed E-state index contributed by atoms with van der Waals surface area (Å²) in [7, 11) is 0. The van der Waals surface area contributed by atoms with Gasteiger partial charge < -0.3 is 20.7 Å². The number of amides is 2. The molecule has 1 aliphatic carbocycles. The molecule has 2 amide bonds. The fraction of sp³-hybridized carbons (Fsp3) is 0.577. The lowest BCUT2D eigenvalue weighted by Crippen LogP contribution is -2.64. The van der Waals surface area contributed by atoms with Crippen LogP contribution >= 0.6 is 11.6 Å². The molecule has 2 fully saturated rings. The zero-order valence-corrected chi connectivity index (χ0v) is 21.8. The maximum Gasteiger partial charge on any atom is 0.425 e. The summed E-state index contributed by atoms with van der Waals surface area (Å²) in [5, 5.41) is 28.6. The van der Waals surface area contributed by atoms with Gasteiger partial charge in [0.1, 0.15) is 24.0 Å². The molecule has 2 aromatic rings. The van der Waals surface area contributed by atoms with Crippen LogP contribution in [0.25, 0.3) is 10.9 Å². The smallest absolute Gasteiger partial charge is 0.378 e. The van der Waals surface area contributed by atoms with E-state index in [4.69, 9.17) is 11.6 Å². The summed E-state index contributed by atoms with van der Waals surface area (Å²) in [4.78, 5) is 29.1. The second-order valence-electron chi connectivity index (χ2n) is 11.1. The van der Waals surface area contributed by atoms with Crippen molar-refractivity contribution >= 4 is 34.3 Å². The van der Waals surface area contributed by atoms with Crippen LogP contribution in [0.5, 0.6) is 0 Å². The predicted molar refractivity (Wildman–Crippen MR) is 135 cm³/mol. The number of alkyl halides is 3. The number of hydrogen-bond donors (Lipinski definition) is 5. The third kappa shape index (κ3) is 6.08. The maximum atomic E-state index is 14.3. The molecule has 4 rings (SSSR count). The number of para-hydroxylation sites is 1. The monoisotopic (exact) mass is 553 g/mol. The fourth-order valence-corrected chi connectivity index (χ4v) is 5.20. The highest BCUT2D eigenvalue weighted by Gasteiger charge is 2.59. The van der Waals surface area contributed by atoms with E-state index < -0.39 is 53.7 Å². The van der Waals surface area contributed by atoms with Gasteiger partial charge in [0, 0.05) is 16.8 Å². The summed E-state index contributed by atoms with van der Waals surface area (Å²) in [6.07, 6.45) is -4.78. The van der Waals surface area contributed by atoms with E-state index >= 15 is 0 Å². The van der Waals surface area contributed by atoms with Gasteiger partial charge in [-0.25, -0.2) is 0 Å². The Morgan fingerprint density at radius 3 is 2.58 bits per heavy atom. The number of nitrogens with one attached hydrogen (secondary N) is 4. The molecule has 4 atom stereocenters. The van der Waals surface area contributed by atoms with Crippen LogP contribution in [0.3, 0.4) is 0 Å². The molecule has 12 heteroatoms. The van der Waals surface area contributed by atoms with Crippen molar-refractivity contribution in [2.24, 2.45) is 11.8 Å². The van der Waals surface area contributed by atoms with Crippen LogP contribution in [0.1, 0.15) is 62.9 Å². The van der Waals surface area contributed by atoms with E-state index in [-0.39, 0.29) is 24.5 Å². The van der Waals surface area contributed by atoms with Gasteiger partial charge >= 0.3 is 6.18 Å². The van der Waals surface area contributed by atoms with E-state index in [2.05, 4.69) is 15.6 Å². The van der Waals surface area contributed by atoms with Crippen LogP contribution in [-0.2, 0) is 4.79 Å². The second kappa shape index (κ2) is 10.4. The van der Waals surface area contributed by atoms with Crippen molar-refractivity contribution < 1.29 is 27.9 Å². The van der Waals surface area contributed by atoms with Crippen molar-refractivity contribution in [1.29, 1.82) is 5.26 Å². The molecule has 1 aromatic heterocycles. The number of carbonyl (C=O) groups is 2. The summed E-state index contributed by atoms with van der Waals surface area (Å²) in [6.45, 7) is 3.64. The lowest BCUT2D eigenvalue weighted by atomic mass is 9.78. The van der Waals surface area contributed by atoms with Crippen molar-refractivity contribution in [2.75, 3.05) is 0 Å². The molecule has 0 bridgehead atoms. The van der Waals surface area contributed by atoms with Crippen molar-refractivity contribution in [3.8, 4) is 6.07 Å². The minimum atomic E-state index is -5.12. The van der Waals surface area contributed by atoms with E-state index in [9.17, 15) is 33.1 Å². The highest BCUT2D eigenvalue weighted by atomic mass is 35.5. The molecule has 8 nitrogen and oxygen atoms in total. The Hall–Kier alpha value is -2.81. The molecule has 4 unspecified atom stereocenters. The molecule has 2 aliphatic rings. The second-order valence-corrected chi connectivity index (χ2v) is 11.5. The first kappa shape index (κ1) is 28.2. The first-order valence-electron chi connectivity index (χ1n) is 12.6. The summed E-state index contributed by atoms with van der Waals surface area (Å²) in [5.41, 5.74) is -3.09. The highest BCUT2D eigenvalue weighted by molar-refractivity contribution is 6.35. The SMILES string of the molecule is CC1(C)CCC(CC(C#N)(NC(=O)C(CC2CC2)NC(=O)c2cc3cccc(Cl)c3[nH]2)C(F)(F)F)C(O)N1. The average molecular weight is 554 g/mol. The van der Waals surface area contributed by atoms with Gasteiger partial charge in [0.25, 0.3) is 5.91 Å². The fourth-order valence-electron chi connectivity index (χ4n) is 4.97. The van der Waals surface area contributed by atoms with Crippen LogP contribution in [0.4, 0.5) is 13.2 Å². The molecular weight excluding hydrogens is 523 g/mol. The number of piperidine rings is 1. The van der Waals surface area contributed by atoms with Gasteiger partial charge in [-0.1, -0.05) is 36.6 Å². The third-order valence-corrected chi connectivity index (χ3v) is 7.76. The number of fused-ring (bicyclic) bond motifs is 1. The van der Waals surface area contributed by atoms with Gasteiger partial charge in [-0.15, -0.1) is 0 Å². The lowest BCUT2D eigenvalue weighted by molar-refractivity contribution is -0.190. The third-order valence-electron chi connectivity index (χ3n) is 7.44. The number of carbonyl (C=O) groups excluding carboxylic acids is 2. The van der Waals surface area contributed by atoms with Crippen molar-refractivity contribution in [3.05, 3.63) is 35.0 Å². The minimum absolute atomic E-state index is 0.0807. The molecule has 2 heterocycles. The van der Waals surface area contributed by atoms with Gasteiger partial charge in [-0.05, 0) is 57.6 Å². The maximum absolute atomic E-state index is 14.3. The molecule has 1 saturated heterocycles. The molecular formula is C26H31ClF3N5O3. The normalized spacial score (nSPS) is 23.7. The summed E-state index contributed by atoms with van der Waals surface area (Å²) in [6, 6.07) is 6.62. The number of nitriles is 1. The van der Waals surface area contributed by atoms with Crippen LogP contribution in [0, 0.1) is 23.2 Å². The zero-order valence-electron chi connectivity index (χ0n) is 21.1. The first-order chi connectivity index (χ1) is 17.7. The Morgan fingerprint density at radius 1 is 1.29 bits per heavy atom. The molecule has 206 valence electrons. The van der Waals surface area contributed by atoms with Crippen molar-refractivity contribution in [3.63, 3.8) is 0 Å². The number of aliphatic hydroxyl groups excluding tert-OH is 1. The van der Waals surface area contributed by atoms with E-state index in [0.29, 0.717) is 22.3 Å². The van der Waals surface area contributed by atoms with Crippen LogP contribution < -0.4 is 16.0 Å². The van der Waals surface area contributed by atoms with Crippen LogP contribution in [-0.4, -0.2) is 51.4 Å². The van der Waals surface area contributed by atoms with E-state index in [1.807, 2.05) is 19.2 Å². The Labute approximate surface area is 223 Å². The van der Waals surface area contributed by atoms with Gasteiger partial charge in [0.15, 0.2) is 0 Å². The van der Waals surface area contributed by atoms with E-state index in [1.165, 1.54) is 12.1 Å². The number of hydrogen-bond acceptors (Lipinski definition) is 5. The Morgan fingerprint density at radius 2 is 2.00 bits per heavy atom. The number of halogens is 4. The summed E-state index contributed by atoms with van der Waals surface area (Å²) >= 11 is 6.16. The van der Waals surface area contributed by atoms with E-state index in [1.54, 1.807) is 18.2 Å². The number of rotatable bonds is 8. The number of aromatic amines is 1. The Bertz CT molecular complexity index is 1250. The highest BCUT2D eigenvalue weighted by Crippen LogP contribution is 2.40. The summed E-state index contributed by atoms with van der Waals surface area (Å²) in [5.74, 6) is -2.62. The first-order valence-corrected chi connectivity index (χ1v) is 13.0. The largest absolute Gasteiger partial charge is 0.425 e. The average Bonchev–Trinajstić information content (AvgIpc) is 3.53. The molecule has 1 saturated carbocycles. The van der Waals surface area contributed by atoms with Gasteiger partial charge in [-0.2, -0.15) is 18.4 Å². The predicted octanol–water partition coefficient (Wildman–Crippen LogP) is 4.15. The van der Waals surface area contributed by atoms with Crippen molar-refractivity contribution in [1.82, 2.24) is 20.9 Å². The number of H-pyrrole nitrogens is 1.